The Morgan fingerprint density at radius 3 is 2.58 bits per heavy atom. The van der Waals surface area contributed by atoms with Crippen LogP contribution in [0, 0.1) is 18.3 Å². The molecule has 1 aromatic heterocycles. The van der Waals surface area contributed by atoms with E-state index in [0.29, 0.717) is 11.7 Å². The monoisotopic (exact) mass is 450 g/mol. The molecule has 0 radical (unpaired) electrons. The molecule has 158 valence electrons. The fraction of sp³-hybridized carbons (Fsp3) is 0.217. The van der Waals surface area contributed by atoms with Crippen molar-refractivity contribution in [1.29, 1.82) is 5.26 Å². The van der Waals surface area contributed by atoms with Gasteiger partial charge in [0.15, 0.2) is 0 Å². The van der Waals surface area contributed by atoms with E-state index in [1.165, 1.54) is 27.9 Å². The molecule has 0 saturated carbocycles. The van der Waals surface area contributed by atoms with Gasteiger partial charge in [0.1, 0.15) is 22.4 Å². The predicted molar refractivity (Wildman–Crippen MR) is 125 cm³/mol. The number of amides is 1. The minimum atomic E-state index is -0.505. The molecule has 1 amide bonds. The fourth-order valence-electron chi connectivity index (χ4n) is 2.54. The van der Waals surface area contributed by atoms with Gasteiger partial charge >= 0.3 is 0 Å². The third-order valence-corrected chi connectivity index (χ3v) is 6.15. The highest BCUT2D eigenvalue weighted by molar-refractivity contribution is 7.99. The van der Waals surface area contributed by atoms with Crippen LogP contribution in [0.4, 0.5) is 5.13 Å². The Morgan fingerprint density at radius 1 is 1.19 bits per heavy atom. The lowest BCUT2D eigenvalue weighted by atomic mass is 10.1. The highest BCUT2D eigenvalue weighted by Crippen LogP contribution is 2.20. The number of hydrogen-bond donors (Lipinski definition) is 1. The van der Waals surface area contributed by atoms with E-state index < -0.39 is 5.91 Å². The summed E-state index contributed by atoms with van der Waals surface area (Å²) >= 11 is 3.04. The lowest BCUT2D eigenvalue weighted by Crippen LogP contribution is -2.13. The summed E-state index contributed by atoms with van der Waals surface area (Å²) in [5, 5.41) is 21.0. The number of rotatable bonds is 9. The second kappa shape index (κ2) is 11.3. The Morgan fingerprint density at radius 2 is 1.94 bits per heavy atom. The van der Waals surface area contributed by atoms with Crippen LogP contribution in [-0.2, 0) is 11.2 Å². The molecular weight excluding hydrogens is 428 g/mol. The van der Waals surface area contributed by atoms with E-state index in [2.05, 4.69) is 46.7 Å². The highest BCUT2D eigenvalue weighted by atomic mass is 32.2. The summed E-state index contributed by atoms with van der Waals surface area (Å²) in [4.78, 5) is 13.6. The molecule has 0 unspecified atom stereocenters. The third-order valence-electron chi connectivity index (χ3n) is 4.19. The van der Waals surface area contributed by atoms with Crippen LogP contribution in [0.1, 0.15) is 23.1 Å². The quantitative estimate of drug-likeness (QED) is 0.211. The van der Waals surface area contributed by atoms with E-state index in [-0.39, 0.29) is 5.57 Å². The molecule has 0 bridgehead atoms. The van der Waals surface area contributed by atoms with Crippen LogP contribution in [0.3, 0.4) is 0 Å². The van der Waals surface area contributed by atoms with Gasteiger partial charge in [0.25, 0.3) is 5.91 Å². The molecular formula is C23H22N4O2S2. The molecule has 8 heteroatoms. The molecule has 0 atom stereocenters. The average Bonchev–Trinajstić information content (AvgIpc) is 3.24. The standard InChI is InChI=1S/C23H22N4O2S2/c1-3-21-26-27-23(31-21)25-22(28)18(15-24)14-17-6-8-19(9-7-17)29-12-13-30-20-10-4-16(2)5-11-20/h4-11,14H,3,12-13H2,1-2H3,(H,25,27,28)/b18-14-. The van der Waals surface area contributed by atoms with Crippen molar-refractivity contribution in [3.8, 4) is 11.8 Å². The number of benzene rings is 2. The first kappa shape index (κ1) is 22.5. The van der Waals surface area contributed by atoms with Crippen LogP contribution in [0.15, 0.2) is 59.0 Å². The van der Waals surface area contributed by atoms with E-state index in [1.807, 2.05) is 37.3 Å². The third kappa shape index (κ3) is 6.95. The van der Waals surface area contributed by atoms with Crippen molar-refractivity contribution in [1.82, 2.24) is 10.2 Å². The number of carbonyl (C=O) groups excluding carboxylic acids is 1. The van der Waals surface area contributed by atoms with Crippen LogP contribution in [-0.4, -0.2) is 28.5 Å². The van der Waals surface area contributed by atoms with Gasteiger partial charge in [-0.3, -0.25) is 10.1 Å². The molecule has 1 heterocycles. The first-order chi connectivity index (χ1) is 15.1. The number of ether oxygens (including phenoxy) is 1. The minimum absolute atomic E-state index is 0.00332. The van der Waals surface area contributed by atoms with Crippen molar-refractivity contribution in [2.75, 3.05) is 17.7 Å². The molecule has 3 rings (SSSR count). The predicted octanol–water partition coefficient (Wildman–Crippen LogP) is 5.13. The van der Waals surface area contributed by atoms with Crippen molar-refractivity contribution in [2.24, 2.45) is 0 Å². The van der Waals surface area contributed by atoms with Gasteiger partial charge in [-0.1, -0.05) is 48.1 Å². The van der Waals surface area contributed by atoms with Gasteiger partial charge < -0.3 is 4.74 Å². The van der Waals surface area contributed by atoms with E-state index in [1.54, 1.807) is 11.8 Å². The normalized spacial score (nSPS) is 11.1. The summed E-state index contributed by atoms with van der Waals surface area (Å²) in [6, 6.07) is 17.6. The number of nitrogens with zero attached hydrogens (tertiary/aromatic N) is 3. The van der Waals surface area contributed by atoms with Crippen LogP contribution >= 0.6 is 23.1 Å². The molecule has 0 fully saturated rings. The number of anilines is 1. The van der Waals surface area contributed by atoms with Gasteiger partial charge in [0.05, 0.1) is 6.61 Å². The summed E-state index contributed by atoms with van der Waals surface area (Å²) in [5.41, 5.74) is 1.98. The minimum Gasteiger partial charge on any atom is -0.493 e. The van der Waals surface area contributed by atoms with E-state index >= 15 is 0 Å². The molecule has 31 heavy (non-hydrogen) atoms. The number of thioether (sulfide) groups is 1. The molecule has 0 aliphatic carbocycles. The smallest absolute Gasteiger partial charge is 0.268 e. The Hall–Kier alpha value is -3.15. The first-order valence-electron chi connectivity index (χ1n) is 9.75. The fourth-order valence-corrected chi connectivity index (χ4v) is 3.95. The molecule has 3 aromatic rings. The van der Waals surface area contributed by atoms with Crippen molar-refractivity contribution in [2.45, 2.75) is 25.2 Å². The van der Waals surface area contributed by atoms with Gasteiger partial charge in [0.2, 0.25) is 5.13 Å². The van der Waals surface area contributed by atoms with Crippen LogP contribution in [0.25, 0.3) is 6.08 Å². The SMILES string of the molecule is CCc1nnc(NC(=O)/C(C#N)=C\c2ccc(OCCSc3ccc(C)cc3)cc2)s1. The van der Waals surface area contributed by atoms with Crippen molar-refractivity contribution in [3.63, 3.8) is 0 Å². The molecule has 1 N–H and O–H groups in total. The number of carbonyl (C=O) groups is 1. The first-order valence-corrected chi connectivity index (χ1v) is 11.6. The second-order valence-corrected chi connectivity index (χ2v) is 8.79. The number of nitrogens with one attached hydrogen (secondary N) is 1. The lowest BCUT2D eigenvalue weighted by Gasteiger charge is -2.07. The van der Waals surface area contributed by atoms with Gasteiger partial charge in [0, 0.05) is 10.6 Å². The van der Waals surface area contributed by atoms with Gasteiger partial charge in [-0.05, 0) is 49.2 Å². The molecule has 0 saturated heterocycles. The van der Waals surface area contributed by atoms with Crippen molar-refractivity contribution in [3.05, 3.63) is 70.2 Å². The van der Waals surface area contributed by atoms with Crippen LogP contribution in [0.5, 0.6) is 5.75 Å². The molecule has 0 aliphatic rings. The highest BCUT2D eigenvalue weighted by Gasteiger charge is 2.12. The molecule has 2 aromatic carbocycles. The Kier molecular flexibility index (Phi) is 8.21. The summed E-state index contributed by atoms with van der Waals surface area (Å²) in [7, 11) is 0. The number of nitriles is 1. The van der Waals surface area contributed by atoms with E-state index in [0.717, 1.165) is 28.5 Å². The number of hydrogen-bond acceptors (Lipinski definition) is 7. The van der Waals surface area contributed by atoms with Gasteiger partial charge in [-0.25, -0.2) is 0 Å². The van der Waals surface area contributed by atoms with Gasteiger partial charge in [-0.2, -0.15) is 5.26 Å². The molecule has 0 spiro atoms. The van der Waals surface area contributed by atoms with Crippen LogP contribution in [0.2, 0.25) is 0 Å². The lowest BCUT2D eigenvalue weighted by molar-refractivity contribution is -0.112. The maximum absolute atomic E-state index is 12.3. The van der Waals surface area contributed by atoms with E-state index in [4.69, 9.17) is 4.74 Å². The Balaban J connectivity index is 1.51. The summed E-state index contributed by atoms with van der Waals surface area (Å²) in [5.74, 6) is 1.08. The Labute approximate surface area is 190 Å². The average molecular weight is 451 g/mol. The summed E-state index contributed by atoms with van der Waals surface area (Å²) in [6.07, 6.45) is 2.28. The second-order valence-electron chi connectivity index (χ2n) is 6.56. The zero-order valence-electron chi connectivity index (χ0n) is 17.3. The topological polar surface area (TPSA) is 87.9 Å². The van der Waals surface area contributed by atoms with Gasteiger partial charge in [-0.15, -0.1) is 22.0 Å². The Bertz CT molecular complexity index is 1080. The zero-order valence-corrected chi connectivity index (χ0v) is 18.9. The summed E-state index contributed by atoms with van der Waals surface area (Å²) in [6.45, 7) is 4.62. The van der Waals surface area contributed by atoms with Crippen molar-refractivity contribution < 1.29 is 9.53 Å². The largest absolute Gasteiger partial charge is 0.493 e. The maximum atomic E-state index is 12.3. The number of aromatic nitrogens is 2. The van der Waals surface area contributed by atoms with Crippen molar-refractivity contribution >= 4 is 40.2 Å². The molecule has 6 nitrogen and oxygen atoms in total. The maximum Gasteiger partial charge on any atom is 0.268 e. The van der Waals surface area contributed by atoms with E-state index in [9.17, 15) is 10.1 Å². The zero-order chi connectivity index (χ0) is 22.1. The molecule has 0 aliphatic heterocycles. The summed E-state index contributed by atoms with van der Waals surface area (Å²) < 4.78 is 5.78. The van der Waals surface area contributed by atoms with Crippen LogP contribution < -0.4 is 10.1 Å². The number of aryl methyl sites for hydroxylation is 2.